The number of rotatable bonds is 6. The second kappa shape index (κ2) is 9.87. The number of hydrogen-bond acceptors (Lipinski definition) is 5. The Morgan fingerprint density at radius 3 is 2.57 bits per heavy atom. The van der Waals surface area contributed by atoms with Gasteiger partial charge in [0, 0.05) is 24.8 Å². The second-order valence-corrected chi connectivity index (χ2v) is 9.04. The highest BCUT2D eigenvalue weighted by Gasteiger charge is 2.44. The Kier molecular flexibility index (Phi) is 6.88. The van der Waals surface area contributed by atoms with Crippen LogP contribution in [0.3, 0.4) is 0 Å². The molecule has 1 fully saturated rings. The maximum absolute atomic E-state index is 13.6. The molecule has 35 heavy (non-hydrogen) atoms. The number of anilines is 2. The van der Waals surface area contributed by atoms with E-state index in [9.17, 15) is 9.59 Å². The van der Waals surface area contributed by atoms with Crippen LogP contribution in [0.25, 0.3) is 0 Å². The SMILES string of the molecule is COc1ccccc1NC(=S)N(Cc1c(C)nn(C)c1C)[C@H]1CC(=O)N(c2cccc(C)c2)C1=O. The number of benzene rings is 2. The monoisotopic (exact) mass is 491 g/mol. The zero-order chi connectivity index (χ0) is 25.3. The van der Waals surface area contributed by atoms with Crippen LogP contribution in [-0.2, 0) is 23.2 Å². The fourth-order valence-corrected chi connectivity index (χ4v) is 4.67. The summed E-state index contributed by atoms with van der Waals surface area (Å²) >= 11 is 5.81. The summed E-state index contributed by atoms with van der Waals surface area (Å²) < 4.78 is 7.26. The van der Waals surface area contributed by atoms with Crippen molar-refractivity contribution in [3.05, 3.63) is 71.0 Å². The lowest BCUT2D eigenvalue weighted by Gasteiger charge is -2.31. The molecule has 1 atom stereocenters. The summed E-state index contributed by atoms with van der Waals surface area (Å²) in [7, 11) is 3.47. The Hall–Kier alpha value is -3.72. The van der Waals surface area contributed by atoms with Crippen molar-refractivity contribution in [3.63, 3.8) is 0 Å². The molecule has 4 rings (SSSR count). The van der Waals surface area contributed by atoms with E-state index in [1.807, 2.05) is 70.3 Å². The van der Waals surface area contributed by atoms with Crippen LogP contribution >= 0.6 is 12.2 Å². The number of hydrogen-bond donors (Lipinski definition) is 1. The van der Waals surface area contributed by atoms with Gasteiger partial charge in [0.25, 0.3) is 5.91 Å². The number of aromatic nitrogens is 2. The van der Waals surface area contributed by atoms with Crippen LogP contribution in [0.5, 0.6) is 5.75 Å². The third kappa shape index (κ3) is 4.77. The van der Waals surface area contributed by atoms with Crippen molar-refractivity contribution < 1.29 is 14.3 Å². The van der Waals surface area contributed by atoms with Crippen molar-refractivity contribution in [2.24, 2.45) is 7.05 Å². The Labute approximate surface area is 210 Å². The number of thiocarbonyl (C=S) groups is 1. The van der Waals surface area contributed by atoms with Crippen LogP contribution in [0, 0.1) is 20.8 Å². The van der Waals surface area contributed by atoms with Crippen molar-refractivity contribution in [2.75, 3.05) is 17.3 Å². The molecule has 0 spiro atoms. The van der Waals surface area contributed by atoms with Gasteiger partial charge in [-0.25, -0.2) is 4.90 Å². The van der Waals surface area contributed by atoms with E-state index >= 15 is 0 Å². The molecular weight excluding hydrogens is 462 g/mol. The number of carbonyl (C=O) groups is 2. The van der Waals surface area contributed by atoms with Gasteiger partial charge in [-0.15, -0.1) is 0 Å². The molecule has 3 aromatic rings. The summed E-state index contributed by atoms with van der Waals surface area (Å²) in [4.78, 5) is 29.8. The first-order chi connectivity index (χ1) is 16.7. The van der Waals surface area contributed by atoms with Crippen LogP contribution in [-0.4, -0.2) is 44.8 Å². The Bertz CT molecular complexity index is 1300. The van der Waals surface area contributed by atoms with Crippen molar-refractivity contribution in [2.45, 2.75) is 39.8 Å². The van der Waals surface area contributed by atoms with Gasteiger partial charge in [0.05, 0.1) is 30.6 Å². The topological polar surface area (TPSA) is 79.7 Å². The normalized spacial score (nSPS) is 15.5. The summed E-state index contributed by atoms with van der Waals surface area (Å²) in [6.07, 6.45) is 0.0267. The van der Waals surface area contributed by atoms with Crippen LogP contribution in [0.15, 0.2) is 48.5 Å². The molecule has 0 saturated carbocycles. The molecular formula is C26H29N5O3S. The van der Waals surface area contributed by atoms with E-state index < -0.39 is 6.04 Å². The fraction of sp³-hybridized carbons (Fsp3) is 0.308. The third-order valence-corrected chi connectivity index (χ3v) is 6.69. The molecule has 1 saturated heterocycles. The van der Waals surface area contributed by atoms with Crippen molar-refractivity contribution in [1.29, 1.82) is 0 Å². The highest BCUT2D eigenvalue weighted by Crippen LogP contribution is 2.30. The maximum Gasteiger partial charge on any atom is 0.257 e. The number of para-hydroxylation sites is 2. The molecule has 1 aromatic heterocycles. The lowest BCUT2D eigenvalue weighted by Crippen LogP contribution is -2.47. The Balaban J connectivity index is 1.70. The molecule has 2 amide bonds. The smallest absolute Gasteiger partial charge is 0.257 e. The molecule has 8 nitrogen and oxygen atoms in total. The first-order valence-corrected chi connectivity index (χ1v) is 11.7. The van der Waals surface area contributed by atoms with Gasteiger partial charge in [-0.2, -0.15) is 5.10 Å². The number of nitrogens with one attached hydrogen (secondary N) is 1. The quantitative estimate of drug-likeness (QED) is 0.414. The average Bonchev–Trinajstić information content (AvgIpc) is 3.25. The first-order valence-electron chi connectivity index (χ1n) is 11.3. The van der Waals surface area contributed by atoms with Crippen LogP contribution < -0.4 is 15.0 Å². The third-order valence-electron chi connectivity index (χ3n) is 6.36. The van der Waals surface area contributed by atoms with Gasteiger partial charge in [-0.05, 0) is 62.8 Å². The molecule has 0 aliphatic carbocycles. The van der Waals surface area contributed by atoms with E-state index in [0.717, 1.165) is 22.5 Å². The predicted octanol–water partition coefficient (Wildman–Crippen LogP) is 3.89. The zero-order valence-corrected chi connectivity index (χ0v) is 21.3. The van der Waals surface area contributed by atoms with E-state index in [1.54, 1.807) is 22.8 Å². The maximum atomic E-state index is 13.6. The molecule has 1 N–H and O–H groups in total. The molecule has 0 radical (unpaired) electrons. The van der Waals surface area contributed by atoms with Crippen molar-refractivity contribution in [3.8, 4) is 5.75 Å². The van der Waals surface area contributed by atoms with Gasteiger partial charge < -0.3 is 15.0 Å². The molecule has 1 aliphatic heterocycles. The van der Waals surface area contributed by atoms with E-state index in [4.69, 9.17) is 17.0 Å². The van der Waals surface area contributed by atoms with E-state index in [1.165, 1.54) is 4.90 Å². The van der Waals surface area contributed by atoms with Crippen LogP contribution in [0.1, 0.15) is 28.9 Å². The number of imide groups is 1. The standard InChI is InChI=1S/C26H29N5O3S/c1-16-9-8-10-19(13-16)31-24(32)14-22(25(31)33)30(15-20-17(2)28-29(4)18(20)3)26(35)27-21-11-6-7-12-23(21)34-5/h6-13,22H,14-15H2,1-5H3,(H,27,35)/t22-/m0/s1. The minimum Gasteiger partial charge on any atom is -0.495 e. The number of methoxy groups -OCH3 is 1. The van der Waals surface area contributed by atoms with Crippen molar-refractivity contribution >= 4 is 40.5 Å². The first kappa shape index (κ1) is 24.4. The van der Waals surface area contributed by atoms with E-state index in [0.29, 0.717) is 28.8 Å². The molecule has 9 heteroatoms. The van der Waals surface area contributed by atoms with Gasteiger partial charge in [0.2, 0.25) is 5.91 Å². The minimum absolute atomic E-state index is 0.0267. The highest BCUT2D eigenvalue weighted by atomic mass is 32.1. The second-order valence-electron chi connectivity index (χ2n) is 8.66. The van der Waals surface area contributed by atoms with Gasteiger partial charge in [-0.3, -0.25) is 14.3 Å². The lowest BCUT2D eigenvalue weighted by atomic mass is 10.1. The number of amides is 2. The zero-order valence-electron chi connectivity index (χ0n) is 20.5. The molecule has 0 bridgehead atoms. The van der Waals surface area contributed by atoms with Crippen molar-refractivity contribution in [1.82, 2.24) is 14.7 Å². The summed E-state index contributed by atoms with van der Waals surface area (Å²) in [5.74, 6) is 0.0676. The highest BCUT2D eigenvalue weighted by molar-refractivity contribution is 7.80. The summed E-state index contributed by atoms with van der Waals surface area (Å²) in [6.45, 7) is 6.17. The average molecular weight is 492 g/mol. The van der Waals surface area contributed by atoms with E-state index in [-0.39, 0.29) is 18.2 Å². The van der Waals surface area contributed by atoms with Crippen LogP contribution in [0.2, 0.25) is 0 Å². The Morgan fingerprint density at radius 2 is 1.91 bits per heavy atom. The summed E-state index contributed by atoms with van der Waals surface area (Å²) in [5, 5.41) is 8.07. The number of carbonyl (C=O) groups excluding carboxylic acids is 2. The Morgan fingerprint density at radius 1 is 1.17 bits per heavy atom. The number of nitrogens with zero attached hydrogens (tertiary/aromatic N) is 4. The van der Waals surface area contributed by atoms with Gasteiger partial charge in [0.15, 0.2) is 5.11 Å². The molecule has 0 unspecified atom stereocenters. The molecule has 1 aliphatic rings. The lowest BCUT2D eigenvalue weighted by molar-refractivity contribution is -0.122. The van der Waals surface area contributed by atoms with Gasteiger partial charge >= 0.3 is 0 Å². The molecule has 2 aromatic carbocycles. The fourth-order valence-electron chi connectivity index (χ4n) is 4.37. The van der Waals surface area contributed by atoms with E-state index in [2.05, 4.69) is 10.4 Å². The molecule has 182 valence electrons. The minimum atomic E-state index is -0.753. The van der Waals surface area contributed by atoms with Gasteiger partial charge in [-0.1, -0.05) is 24.3 Å². The summed E-state index contributed by atoms with van der Waals surface area (Å²) in [5.41, 5.74) is 5.00. The summed E-state index contributed by atoms with van der Waals surface area (Å²) in [6, 6.07) is 14.0. The largest absolute Gasteiger partial charge is 0.495 e. The number of aryl methyl sites for hydroxylation is 3. The van der Waals surface area contributed by atoms with Gasteiger partial charge in [0.1, 0.15) is 11.8 Å². The molecule has 2 heterocycles. The van der Waals surface area contributed by atoms with Crippen LogP contribution in [0.4, 0.5) is 11.4 Å². The number of ether oxygens (including phenoxy) is 1. The predicted molar refractivity (Wildman–Crippen MR) is 140 cm³/mol.